The van der Waals surface area contributed by atoms with Gasteiger partial charge in [0.2, 0.25) is 5.91 Å². The number of primary amides is 1. The number of amides is 3. The normalized spacial score (nSPS) is 15.8. The quantitative estimate of drug-likeness (QED) is 0.588. The van der Waals surface area contributed by atoms with Crippen molar-refractivity contribution in [3.05, 3.63) is 58.9 Å². The Balaban J connectivity index is 1.62. The van der Waals surface area contributed by atoms with Gasteiger partial charge in [0, 0.05) is 29.2 Å². The predicted molar refractivity (Wildman–Crippen MR) is 121 cm³/mol. The van der Waals surface area contributed by atoms with E-state index in [0.717, 1.165) is 11.1 Å². The molecular formula is C24H32N4O2. The number of hydrogen-bond acceptors (Lipinski definition) is 2. The first-order valence-corrected chi connectivity index (χ1v) is 10.7. The molecule has 0 aliphatic heterocycles. The van der Waals surface area contributed by atoms with E-state index in [9.17, 15) is 9.59 Å². The summed E-state index contributed by atoms with van der Waals surface area (Å²) in [6, 6.07) is 9.24. The van der Waals surface area contributed by atoms with E-state index in [1.54, 1.807) is 18.2 Å². The third-order valence-electron chi connectivity index (χ3n) is 5.91. The van der Waals surface area contributed by atoms with Crippen molar-refractivity contribution in [1.82, 2.24) is 9.88 Å². The lowest BCUT2D eigenvalue weighted by atomic mass is 9.95. The van der Waals surface area contributed by atoms with Crippen molar-refractivity contribution in [1.29, 1.82) is 0 Å². The molecule has 1 aliphatic carbocycles. The molecule has 0 spiro atoms. The van der Waals surface area contributed by atoms with E-state index in [-0.39, 0.29) is 11.9 Å². The van der Waals surface area contributed by atoms with Gasteiger partial charge in [-0.1, -0.05) is 31.4 Å². The van der Waals surface area contributed by atoms with E-state index in [2.05, 4.69) is 35.1 Å². The molecule has 3 rings (SSSR count). The SMILES string of the molecule is Cc1cc(/C=C/C(=O)NC(C)c2ccc(NC(N)=O)cc2)c(C)n1C1CCCCC1. The zero-order valence-corrected chi connectivity index (χ0v) is 18.1. The van der Waals surface area contributed by atoms with Crippen molar-refractivity contribution < 1.29 is 9.59 Å². The van der Waals surface area contributed by atoms with Crippen LogP contribution >= 0.6 is 0 Å². The van der Waals surface area contributed by atoms with Crippen molar-refractivity contribution in [3.8, 4) is 0 Å². The molecule has 1 aliphatic rings. The number of nitrogens with one attached hydrogen (secondary N) is 2. The van der Waals surface area contributed by atoms with E-state index < -0.39 is 6.03 Å². The average Bonchev–Trinajstić information content (AvgIpc) is 3.00. The molecule has 160 valence electrons. The first-order valence-electron chi connectivity index (χ1n) is 10.7. The largest absolute Gasteiger partial charge is 0.351 e. The van der Waals surface area contributed by atoms with E-state index in [1.807, 2.05) is 25.1 Å². The summed E-state index contributed by atoms with van der Waals surface area (Å²) in [5.74, 6) is -0.135. The van der Waals surface area contributed by atoms with E-state index in [0.29, 0.717) is 11.7 Å². The van der Waals surface area contributed by atoms with Crippen molar-refractivity contribution >= 4 is 23.7 Å². The molecule has 0 saturated heterocycles. The van der Waals surface area contributed by atoms with Crippen LogP contribution in [0, 0.1) is 13.8 Å². The molecule has 30 heavy (non-hydrogen) atoms. The van der Waals surface area contributed by atoms with Gasteiger partial charge in [-0.15, -0.1) is 0 Å². The Morgan fingerprint density at radius 3 is 2.43 bits per heavy atom. The number of aromatic nitrogens is 1. The lowest BCUT2D eigenvalue weighted by Gasteiger charge is -2.26. The minimum Gasteiger partial charge on any atom is -0.351 e. The summed E-state index contributed by atoms with van der Waals surface area (Å²) in [6.45, 7) is 6.22. The third-order valence-corrected chi connectivity index (χ3v) is 5.91. The number of hydrogen-bond donors (Lipinski definition) is 3. The number of urea groups is 1. The Hall–Kier alpha value is -3.02. The van der Waals surface area contributed by atoms with Crippen LogP contribution in [0.15, 0.2) is 36.4 Å². The van der Waals surface area contributed by atoms with Gasteiger partial charge in [0.1, 0.15) is 0 Å². The second-order valence-corrected chi connectivity index (χ2v) is 8.16. The molecule has 1 aromatic carbocycles. The van der Waals surface area contributed by atoms with Gasteiger partial charge in [0.05, 0.1) is 6.04 Å². The van der Waals surface area contributed by atoms with Gasteiger partial charge in [-0.3, -0.25) is 4.79 Å². The molecule has 0 bridgehead atoms. The number of aryl methyl sites for hydroxylation is 1. The molecule has 1 heterocycles. The summed E-state index contributed by atoms with van der Waals surface area (Å²) in [6.07, 6.45) is 9.93. The second-order valence-electron chi connectivity index (χ2n) is 8.16. The van der Waals surface area contributed by atoms with Crippen LogP contribution in [0.2, 0.25) is 0 Å². The van der Waals surface area contributed by atoms with Crippen molar-refractivity contribution in [3.63, 3.8) is 0 Å². The molecule has 4 N–H and O–H groups in total. The number of rotatable bonds is 6. The minimum atomic E-state index is -0.600. The van der Waals surface area contributed by atoms with Crippen LogP contribution in [0.4, 0.5) is 10.5 Å². The molecule has 1 unspecified atom stereocenters. The predicted octanol–water partition coefficient (Wildman–Crippen LogP) is 4.99. The van der Waals surface area contributed by atoms with Gasteiger partial charge in [-0.2, -0.15) is 0 Å². The number of carbonyl (C=O) groups is 2. The van der Waals surface area contributed by atoms with Crippen LogP contribution in [0.5, 0.6) is 0 Å². The van der Waals surface area contributed by atoms with Crippen LogP contribution < -0.4 is 16.4 Å². The van der Waals surface area contributed by atoms with E-state index in [1.165, 1.54) is 43.5 Å². The Bertz CT molecular complexity index is 921. The maximum atomic E-state index is 12.4. The fraction of sp³-hybridized carbons (Fsp3) is 0.417. The van der Waals surface area contributed by atoms with Gasteiger partial charge in [0.15, 0.2) is 0 Å². The van der Waals surface area contributed by atoms with Crippen LogP contribution in [-0.4, -0.2) is 16.5 Å². The standard InChI is InChI=1S/C24H32N4O2/c1-16-15-20(18(3)28(16)22-7-5-4-6-8-22)11-14-23(29)26-17(2)19-9-12-21(13-10-19)27-24(25)30/h9-15,17,22H,4-8H2,1-3H3,(H,26,29)(H3,25,27,30)/b14-11+. The molecule has 6 nitrogen and oxygen atoms in total. The molecule has 0 radical (unpaired) electrons. The highest BCUT2D eigenvalue weighted by atomic mass is 16.2. The van der Waals surface area contributed by atoms with Crippen molar-refractivity contribution in [2.75, 3.05) is 5.32 Å². The smallest absolute Gasteiger partial charge is 0.316 e. The molecular weight excluding hydrogens is 376 g/mol. The molecule has 1 atom stereocenters. The maximum absolute atomic E-state index is 12.4. The summed E-state index contributed by atoms with van der Waals surface area (Å²) < 4.78 is 2.45. The number of nitrogens with two attached hydrogens (primary N) is 1. The summed E-state index contributed by atoms with van der Waals surface area (Å²) in [5.41, 5.74) is 10.3. The summed E-state index contributed by atoms with van der Waals surface area (Å²) >= 11 is 0. The van der Waals surface area contributed by atoms with Crippen LogP contribution in [-0.2, 0) is 4.79 Å². The highest BCUT2D eigenvalue weighted by Crippen LogP contribution is 2.32. The zero-order valence-electron chi connectivity index (χ0n) is 18.1. The highest BCUT2D eigenvalue weighted by Gasteiger charge is 2.19. The Morgan fingerprint density at radius 1 is 1.13 bits per heavy atom. The van der Waals surface area contributed by atoms with Crippen LogP contribution in [0.1, 0.15) is 73.6 Å². The first-order chi connectivity index (χ1) is 14.3. The Kier molecular flexibility index (Phi) is 6.98. The molecule has 1 fully saturated rings. The number of nitrogens with zero attached hydrogens (tertiary/aromatic N) is 1. The Morgan fingerprint density at radius 2 is 1.80 bits per heavy atom. The zero-order chi connectivity index (χ0) is 21.7. The number of anilines is 1. The van der Waals surface area contributed by atoms with E-state index in [4.69, 9.17) is 5.73 Å². The van der Waals surface area contributed by atoms with Crippen molar-refractivity contribution in [2.24, 2.45) is 5.73 Å². The van der Waals surface area contributed by atoms with Gasteiger partial charge in [-0.25, -0.2) is 4.79 Å². The summed E-state index contributed by atoms with van der Waals surface area (Å²) in [7, 11) is 0. The van der Waals surface area contributed by atoms with Gasteiger partial charge in [0.25, 0.3) is 0 Å². The molecule has 3 amide bonds. The Labute approximate surface area is 178 Å². The highest BCUT2D eigenvalue weighted by molar-refractivity contribution is 5.92. The van der Waals surface area contributed by atoms with Crippen LogP contribution in [0.25, 0.3) is 6.08 Å². The third kappa shape index (κ3) is 5.32. The minimum absolute atomic E-state index is 0.135. The van der Waals surface area contributed by atoms with Crippen molar-refractivity contribution in [2.45, 2.75) is 65.0 Å². The van der Waals surface area contributed by atoms with Crippen LogP contribution in [0.3, 0.4) is 0 Å². The molecule has 6 heteroatoms. The lowest BCUT2D eigenvalue weighted by Crippen LogP contribution is -2.24. The van der Waals surface area contributed by atoms with Gasteiger partial charge in [-0.05, 0) is 69.0 Å². The van der Waals surface area contributed by atoms with Gasteiger partial charge < -0.3 is 20.9 Å². The van der Waals surface area contributed by atoms with E-state index >= 15 is 0 Å². The number of benzene rings is 1. The molecule has 2 aromatic rings. The fourth-order valence-electron chi connectivity index (χ4n) is 4.38. The second kappa shape index (κ2) is 9.65. The average molecular weight is 409 g/mol. The summed E-state index contributed by atoms with van der Waals surface area (Å²) in [5, 5.41) is 5.51. The van der Waals surface area contributed by atoms with Gasteiger partial charge >= 0.3 is 6.03 Å². The first kappa shape index (κ1) is 21.7. The maximum Gasteiger partial charge on any atom is 0.316 e. The molecule has 1 saturated carbocycles. The summed E-state index contributed by atoms with van der Waals surface area (Å²) in [4.78, 5) is 23.3. The lowest BCUT2D eigenvalue weighted by molar-refractivity contribution is -0.117. The molecule has 1 aromatic heterocycles. The topological polar surface area (TPSA) is 89.2 Å². The monoisotopic (exact) mass is 408 g/mol. The fourth-order valence-corrected chi connectivity index (χ4v) is 4.38. The number of carbonyl (C=O) groups excluding carboxylic acids is 2.